The van der Waals surface area contributed by atoms with E-state index < -0.39 is 35.9 Å². The standard InChI is InChI=1S/C13H15ClF3N3O2/c1-7(2)19-12(22)18-6-11(21)20-10-4-3-8(14)5-9(10)13(15,16)17/h3-5,7H,6H2,1-2H3,(H,20,21)(H2,18,19,22). The topological polar surface area (TPSA) is 70.2 Å². The zero-order chi connectivity index (χ0) is 16.9. The number of amides is 3. The molecule has 0 atom stereocenters. The van der Waals surface area contributed by atoms with Crippen LogP contribution in [-0.2, 0) is 11.0 Å². The Balaban J connectivity index is 2.71. The number of urea groups is 1. The first-order chi connectivity index (χ1) is 10.1. The fraction of sp³-hybridized carbons (Fsp3) is 0.385. The highest BCUT2D eigenvalue weighted by Crippen LogP contribution is 2.36. The van der Waals surface area contributed by atoms with Gasteiger partial charge in [-0.15, -0.1) is 0 Å². The molecule has 0 aliphatic heterocycles. The van der Waals surface area contributed by atoms with Crippen molar-refractivity contribution in [3.63, 3.8) is 0 Å². The van der Waals surface area contributed by atoms with Crippen LogP contribution in [-0.4, -0.2) is 24.5 Å². The number of benzene rings is 1. The molecule has 9 heteroatoms. The molecule has 0 aliphatic carbocycles. The lowest BCUT2D eigenvalue weighted by atomic mass is 10.1. The normalized spacial score (nSPS) is 11.2. The van der Waals surface area contributed by atoms with E-state index in [0.29, 0.717) is 0 Å². The number of carbonyl (C=O) groups excluding carboxylic acids is 2. The first-order valence-electron chi connectivity index (χ1n) is 6.30. The van der Waals surface area contributed by atoms with E-state index in [9.17, 15) is 22.8 Å². The van der Waals surface area contributed by atoms with Gasteiger partial charge in [0.1, 0.15) is 0 Å². The van der Waals surface area contributed by atoms with Crippen molar-refractivity contribution >= 4 is 29.2 Å². The van der Waals surface area contributed by atoms with Crippen LogP contribution in [0.4, 0.5) is 23.7 Å². The van der Waals surface area contributed by atoms with E-state index in [-0.39, 0.29) is 11.1 Å². The lowest BCUT2D eigenvalue weighted by Gasteiger charge is -2.15. The maximum Gasteiger partial charge on any atom is 0.418 e. The zero-order valence-electron chi connectivity index (χ0n) is 11.8. The van der Waals surface area contributed by atoms with Gasteiger partial charge in [0, 0.05) is 11.1 Å². The van der Waals surface area contributed by atoms with Crippen LogP contribution in [0, 0.1) is 0 Å². The fourth-order valence-corrected chi connectivity index (χ4v) is 1.70. The number of halogens is 4. The molecule has 3 amide bonds. The second kappa shape index (κ2) is 7.35. The summed E-state index contributed by atoms with van der Waals surface area (Å²) in [5.74, 6) is -0.785. The van der Waals surface area contributed by atoms with E-state index in [4.69, 9.17) is 11.6 Å². The van der Waals surface area contributed by atoms with Crippen LogP contribution in [0.25, 0.3) is 0 Å². The molecule has 0 bridgehead atoms. The molecule has 122 valence electrons. The second-order valence-corrected chi connectivity index (χ2v) is 5.15. The van der Waals surface area contributed by atoms with Gasteiger partial charge in [-0.1, -0.05) is 11.6 Å². The predicted molar refractivity (Wildman–Crippen MR) is 76.8 cm³/mol. The molecule has 0 heterocycles. The van der Waals surface area contributed by atoms with Crippen molar-refractivity contribution in [1.29, 1.82) is 0 Å². The molecule has 0 aliphatic rings. The largest absolute Gasteiger partial charge is 0.418 e. The Morgan fingerprint density at radius 1 is 1.27 bits per heavy atom. The second-order valence-electron chi connectivity index (χ2n) is 4.72. The maximum absolute atomic E-state index is 12.8. The van der Waals surface area contributed by atoms with Gasteiger partial charge in [-0.25, -0.2) is 4.79 Å². The molecule has 22 heavy (non-hydrogen) atoms. The molecule has 0 unspecified atom stereocenters. The molecule has 0 saturated carbocycles. The highest BCUT2D eigenvalue weighted by atomic mass is 35.5. The minimum Gasteiger partial charge on any atom is -0.336 e. The summed E-state index contributed by atoms with van der Waals surface area (Å²) in [5.41, 5.74) is -1.48. The molecule has 0 radical (unpaired) electrons. The summed E-state index contributed by atoms with van der Waals surface area (Å²) in [6.45, 7) is 2.99. The van der Waals surface area contributed by atoms with E-state index in [2.05, 4.69) is 16.0 Å². The van der Waals surface area contributed by atoms with Crippen molar-refractivity contribution in [2.75, 3.05) is 11.9 Å². The van der Waals surface area contributed by atoms with Crippen molar-refractivity contribution in [1.82, 2.24) is 10.6 Å². The van der Waals surface area contributed by atoms with Gasteiger partial charge in [0.15, 0.2) is 0 Å². The number of hydrogen-bond donors (Lipinski definition) is 3. The van der Waals surface area contributed by atoms with E-state index in [1.807, 2.05) is 0 Å². The number of alkyl halides is 3. The molecule has 3 N–H and O–H groups in total. The highest BCUT2D eigenvalue weighted by molar-refractivity contribution is 6.30. The van der Waals surface area contributed by atoms with Gasteiger partial charge in [0.2, 0.25) is 5.91 Å². The molecular weight excluding hydrogens is 323 g/mol. The van der Waals surface area contributed by atoms with Crippen molar-refractivity contribution < 1.29 is 22.8 Å². The van der Waals surface area contributed by atoms with Crippen LogP contribution in [0.15, 0.2) is 18.2 Å². The Hall–Kier alpha value is -1.96. The van der Waals surface area contributed by atoms with Crippen LogP contribution in [0.1, 0.15) is 19.4 Å². The third kappa shape index (κ3) is 5.80. The lowest BCUT2D eigenvalue weighted by molar-refractivity contribution is -0.137. The SMILES string of the molecule is CC(C)NC(=O)NCC(=O)Nc1ccc(Cl)cc1C(F)(F)F. The summed E-state index contributed by atoms with van der Waals surface area (Å²) in [6, 6.07) is 2.28. The van der Waals surface area contributed by atoms with Gasteiger partial charge >= 0.3 is 12.2 Å². The highest BCUT2D eigenvalue weighted by Gasteiger charge is 2.34. The van der Waals surface area contributed by atoms with Crippen LogP contribution < -0.4 is 16.0 Å². The Bertz CT molecular complexity index is 562. The monoisotopic (exact) mass is 337 g/mol. The van der Waals surface area contributed by atoms with Crippen LogP contribution in [0.2, 0.25) is 5.02 Å². The van der Waals surface area contributed by atoms with Gasteiger partial charge in [-0.3, -0.25) is 4.79 Å². The molecule has 1 rings (SSSR count). The fourth-order valence-electron chi connectivity index (χ4n) is 1.53. The predicted octanol–water partition coefficient (Wildman–Crippen LogP) is 3.00. The smallest absolute Gasteiger partial charge is 0.336 e. The molecule has 0 aromatic heterocycles. The third-order valence-electron chi connectivity index (χ3n) is 2.39. The number of rotatable bonds is 4. The van der Waals surface area contributed by atoms with E-state index in [1.54, 1.807) is 13.8 Å². The lowest BCUT2D eigenvalue weighted by Crippen LogP contribution is -2.42. The Morgan fingerprint density at radius 2 is 1.91 bits per heavy atom. The van der Waals surface area contributed by atoms with Crippen LogP contribution in [0.5, 0.6) is 0 Å². The van der Waals surface area contributed by atoms with Crippen LogP contribution in [0.3, 0.4) is 0 Å². The van der Waals surface area contributed by atoms with Crippen molar-refractivity contribution in [3.8, 4) is 0 Å². The third-order valence-corrected chi connectivity index (χ3v) is 2.63. The van der Waals surface area contributed by atoms with Gasteiger partial charge < -0.3 is 16.0 Å². The zero-order valence-corrected chi connectivity index (χ0v) is 12.6. The van der Waals surface area contributed by atoms with Gasteiger partial charge in [0.05, 0.1) is 17.8 Å². The molecule has 0 saturated heterocycles. The summed E-state index contributed by atoms with van der Waals surface area (Å²) >= 11 is 5.53. The van der Waals surface area contributed by atoms with Gasteiger partial charge in [-0.2, -0.15) is 13.2 Å². The summed E-state index contributed by atoms with van der Waals surface area (Å²) in [5, 5.41) is 6.71. The minimum absolute atomic E-state index is 0.0974. The molecule has 0 spiro atoms. The Labute approximate surface area is 130 Å². The summed E-state index contributed by atoms with van der Waals surface area (Å²) < 4.78 is 38.5. The number of anilines is 1. The number of carbonyl (C=O) groups is 2. The van der Waals surface area contributed by atoms with E-state index in [0.717, 1.165) is 12.1 Å². The number of hydrogen-bond acceptors (Lipinski definition) is 2. The maximum atomic E-state index is 12.8. The van der Waals surface area contributed by atoms with Gasteiger partial charge in [0.25, 0.3) is 0 Å². The van der Waals surface area contributed by atoms with E-state index in [1.165, 1.54) is 6.07 Å². The molecular formula is C13H15ClF3N3O2. The summed E-state index contributed by atoms with van der Waals surface area (Å²) in [7, 11) is 0. The Kier molecular flexibility index (Phi) is 6.04. The average molecular weight is 338 g/mol. The van der Waals surface area contributed by atoms with Crippen molar-refractivity contribution in [2.45, 2.75) is 26.1 Å². The summed E-state index contributed by atoms with van der Waals surface area (Å²) in [4.78, 5) is 22.9. The first kappa shape index (κ1) is 18.1. The van der Waals surface area contributed by atoms with E-state index >= 15 is 0 Å². The quantitative estimate of drug-likeness (QED) is 0.790. The molecule has 1 aromatic carbocycles. The minimum atomic E-state index is -4.66. The molecule has 0 fully saturated rings. The average Bonchev–Trinajstić information content (AvgIpc) is 2.36. The Morgan fingerprint density at radius 3 is 2.45 bits per heavy atom. The van der Waals surface area contributed by atoms with Gasteiger partial charge in [-0.05, 0) is 32.0 Å². The summed E-state index contributed by atoms with van der Waals surface area (Å²) in [6.07, 6.45) is -4.66. The van der Waals surface area contributed by atoms with Crippen LogP contribution >= 0.6 is 11.6 Å². The molecule has 5 nitrogen and oxygen atoms in total. The van der Waals surface area contributed by atoms with Crippen molar-refractivity contribution in [3.05, 3.63) is 28.8 Å². The first-order valence-corrected chi connectivity index (χ1v) is 6.68. The van der Waals surface area contributed by atoms with Crippen molar-refractivity contribution in [2.24, 2.45) is 0 Å². The number of nitrogens with one attached hydrogen (secondary N) is 3. The molecule has 1 aromatic rings.